The Kier molecular flexibility index (Phi) is 8.19. The zero-order chi connectivity index (χ0) is 34.2. The molecule has 0 bridgehead atoms. The molecule has 0 aliphatic rings. The van der Waals surface area contributed by atoms with Gasteiger partial charge in [0, 0.05) is 10.8 Å². The number of halogens is 1. The first-order valence-electron chi connectivity index (χ1n) is 15.1. The van der Waals surface area contributed by atoms with Gasteiger partial charge in [0.2, 0.25) is 0 Å². The van der Waals surface area contributed by atoms with Crippen LogP contribution in [0.2, 0.25) is 0 Å². The van der Waals surface area contributed by atoms with Gasteiger partial charge in [0.05, 0.1) is 30.2 Å². The Morgan fingerprint density at radius 1 is 0.571 bits per heavy atom. The Morgan fingerprint density at radius 2 is 1.02 bits per heavy atom. The summed E-state index contributed by atoms with van der Waals surface area (Å²) in [6.07, 6.45) is 0. The standard InChI is InChI=1S/C19H12BrNO4.C19H13NO4/c20-15-16(22)14-17(25-19(15)24)12-8-4-5-9-13(12)21(18(14)23)10-11-6-2-1-3-7-11;21-15-10-16(22)24-18-13-8-4-5-9-14(13)20(19(23)17(15)18)11-12-6-2-1-3-7-12/h1-9,22H,10H2;1-10,21H,11H2. The van der Waals surface area contributed by atoms with Gasteiger partial charge < -0.3 is 28.2 Å². The van der Waals surface area contributed by atoms with Gasteiger partial charge in [-0.25, -0.2) is 9.59 Å². The zero-order valence-electron chi connectivity index (χ0n) is 25.5. The quantitative estimate of drug-likeness (QED) is 0.197. The monoisotopic (exact) mass is 716 g/mol. The molecule has 8 aromatic rings. The Balaban J connectivity index is 0.000000154. The van der Waals surface area contributed by atoms with Crippen LogP contribution in [0.25, 0.3) is 43.7 Å². The number of nitrogens with zero attached hydrogens (tertiary/aromatic N) is 2. The minimum atomic E-state index is -0.727. The summed E-state index contributed by atoms with van der Waals surface area (Å²) in [6, 6.07) is 34.4. The number of hydrogen-bond donors (Lipinski definition) is 2. The van der Waals surface area contributed by atoms with E-state index in [0.29, 0.717) is 34.9 Å². The Hall–Kier alpha value is -6.20. The molecule has 0 unspecified atom stereocenters. The van der Waals surface area contributed by atoms with Crippen molar-refractivity contribution in [2.45, 2.75) is 13.1 Å². The lowest BCUT2D eigenvalue weighted by Gasteiger charge is -2.13. The Bertz CT molecular complexity index is 2790. The summed E-state index contributed by atoms with van der Waals surface area (Å²) in [4.78, 5) is 49.5. The molecule has 0 spiro atoms. The largest absolute Gasteiger partial charge is 0.507 e. The van der Waals surface area contributed by atoms with Crippen molar-refractivity contribution in [1.29, 1.82) is 0 Å². The van der Waals surface area contributed by atoms with E-state index in [1.807, 2.05) is 72.8 Å². The van der Waals surface area contributed by atoms with Crippen molar-refractivity contribution < 1.29 is 19.0 Å². The van der Waals surface area contributed by atoms with Crippen molar-refractivity contribution in [3.63, 3.8) is 0 Å². The van der Waals surface area contributed by atoms with E-state index < -0.39 is 28.1 Å². The molecule has 4 aromatic heterocycles. The molecule has 0 aliphatic carbocycles. The fraction of sp³-hybridized carbons (Fsp3) is 0.0526. The van der Waals surface area contributed by atoms with Crippen LogP contribution in [0.4, 0.5) is 0 Å². The van der Waals surface area contributed by atoms with Gasteiger partial charge in [-0.15, -0.1) is 0 Å². The molecule has 4 aromatic carbocycles. The third-order valence-corrected chi connectivity index (χ3v) is 8.85. The normalized spacial score (nSPS) is 11.2. The van der Waals surface area contributed by atoms with Crippen LogP contribution in [0.15, 0.2) is 148 Å². The highest BCUT2D eigenvalue weighted by molar-refractivity contribution is 9.10. The summed E-state index contributed by atoms with van der Waals surface area (Å²) in [6.45, 7) is 0.695. The number of para-hydroxylation sites is 2. The van der Waals surface area contributed by atoms with Crippen molar-refractivity contribution in [2.24, 2.45) is 0 Å². The number of aromatic nitrogens is 2. The van der Waals surface area contributed by atoms with Crippen LogP contribution in [-0.2, 0) is 13.1 Å². The third kappa shape index (κ3) is 5.70. The van der Waals surface area contributed by atoms with Crippen molar-refractivity contribution >= 4 is 59.7 Å². The first-order chi connectivity index (χ1) is 23.7. The summed E-state index contributed by atoms with van der Waals surface area (Å²) < 4.78 is 13.5. The van der Waals surface area contributed by atoms with Gasteiger partial charge in [0.25, 0.3) is 11.1 Å². The smallest absolute Gasteiger partial charge is 0.354 e. The average Bonchev–Trinajstić information content (AvgIpc) is 3.11. The minimum Gasteiger partial charge on any atom is -0.507 e. The first kappa shape index (κ1) is 31.4. The molecule has 4 heterocycles. The predicted octanol–water partition coefficient (Wildman–Crippen LogP) is 6.49. The molecule has 0 radical (unpaired) electrons. The highest BCUT2D eigenvalue weighted by Crippen LogP contribution is 2.32. The lowest BCUT2D eigenvalue weighted by molar-refractivity contribution is 0.462. The number of pyridine rings is 2. The SMILES string of the molecule is O=c1cc(O)c2c(=O)n(Cc3ccccc3)c3ccccc3c2o1.O=c1oc2c(c(O)c1Br)c(=O)n(Cc1ccccc1)c1ccccc21. The van der Waals surface area contributed by atoms with Crippen LogP contribution in [-0.4, -0.2) is 19.3 Å². The summed E-state index contributed by atoms with van der Waals surface area (Å²) >= 11 is 2.99. The van der Waals surface area contributed by atoms with E-state index in [-0.39, 0.29) is 32.2 Å². The molecule has 0 amide bonds. The topological polar surface area (TPSA) is 145 Å². The highest BCUT2D eigenvalue weighted by Gasteiger charge is 2.20. The van der Waals surface area contributed by atoms with Crippen LogP contribution < -0.4 is 22.4 Å². The van der Waals surface area contributed by atoms with Gasteiger partial charge in [-0.05, 0) is 51.3 Å². The van der Waals surface area contributed by atoms with Crippen LogP contribution in [0.1, 0.15) is 11.1 Å². The van der Waals surface area contributed by atoms with Crippen molar-refractivity contribution in [2.75, 3.05) is 0 Å². The number of hydrogen-bond acceptors (Lipinski definition) is 8. The van der Waals surface area contributed by atoms with Crippen LogP contribution >= 0.6 is 15.9 Å². The fourth-order valence-corrected chi connectivity index (χ4v) is 6.18. The second kappa shape index (κ2) is 12.8. The van der Waals surface area contributed by atoms with Gasteiger partial charge in [-0.2, -0.15) is 0 Å². The molecule has 8 rings (SSSR count). The second-order valence-electron chi connectivity index (χ2n) is 11.2. The highest BCUT2D eigenvalue weighted by atomic mass is 79.9. The molecule has 11 heteroatoms. The number of rotatable bonds is 4. The molecule has 0 atom stereocenters. The number of fused-ring (bicyclic) bond motifs is 6. The molecule has 10 nitrogen and oxygen atoms in total. The van der Waals surface area contributed by atoms with E-state index in [9.17, 15) is 29.4 Å². The molecular formula is C38H25BrN2O8. The molecule has 0 aliphatic heterocycles. The van der Waals surface area contributed by atoms with E-state index in [0.717, 1.165) is 17.2 Å². The maximum absolute atomic E-state index is 13.1. The third-order valence-electron chi connectivity index (χ3n) is 8.15. The zero-order valence-corrected chi connectivity index (χ0v) is 27.1. The van der Waals surface area contributed by atoms with Crippen molar-refractivity contribution in [3.8, 4) is 11.5 Å². The second-order valence-corrected chi connectivity index (χ2v) is 12.0. The van der Waals surface area contributed by atoms with E-state index in [1.165, 1.54) is 0 Å². The van der Waals surface area contributed by atoms with Crippen LogP contribution in [0.5, 0.6) is 11.5 Å². The number of aromatic hydroxyl groups is 2. The van der Waals surface area contributed by atoms with Gasteiger partial charge in [-0.3, -0.25) is 9.59 Å². The Morgan fingerprint density at radius 3 is 1.55 bits per heavy atom. The predicted molar refractivity (Wildman–Crippen MR) is 191 cm³/mol. The maximum Gasteiger partial charge on any atom is 0.354 e. The summed E-state index contributed by atoms with van der Waals surface area (Å²) in [7, 11) is 0. The van der Waals surface area contributed by atoms with E-state index >= 15 is 0 Å². The van der Waals surface area contributed by atoms with E-state index in [1.54, 1.807) is 45.5 Å². The van der Waals surface area contributed by atoms with Gasteiger partial charge in [0.1, 0.15) is 21.0 Å². The maximum atomic E-state index is 13.1. The van der Waals surface area contributed by atoms with E-state index in [4.69, 9.17) is 8.83 Å². The molecule has 2 N–H and O–H groups in total. The molecule has 0 saturated carbocycles. The minimum absolute atomic E-state index is 0.0129. The average molecular weight is 718 g/mol. The van der Waals surface area contributed by atoms with Crippen molar-refractivity contribution in [3.05, 3.63) is 172 Å². The summed E-state index contributed by atoms with van der Waals surface area (Å²) in [5, 5.41) is 21.7. The number of benzene rings is 4. The van der Waals surface area contributed by atoms with Crippen LogP contribution in [0, 0.1) is 0 Å². The van der Waals surface area contributed by atoms with Gasteiger partial charge in [0.15, 0.2) is 16.9 Å². The fourth-order valence-electron chi connectivity index (χ4n) is 5.90. The molecule has 0 fully saturated rings. The molecule has 242 valence electrons. The molecular weight excluding hydrogens is 692 g/mol. The first-order valence-corrected chi connectivity index (χ1v) is 15.8. The molecule has 0 saturated heterocycles. The Labute approximate surface area is 284 Å². The van der Waals surface area contributed by atoms with Gasteiger partial charge in [-0.1, -0.05) is 84.9 Å². The van der Waals surface area contributed by atoms with Gasteiger partial charge >= 0.3 is 11.3 Å². The lowest BCUT2D eigenvalue weighted by atomic mass is 10.1. The van der Waals surface area contributed by atoms with E-state index in [2.05, 4.69) is 15.9 Å². The van der Waals surface area contributed by atoms with Crippen LogP contribution in [0.3, 0.4) is 0 Å². The van der Waals surface area contributed by atoms with Crippen molar-refractivity contribution in [1.82, 2.24) is 9.13 Å². The molecule has 49 heavy (non-hydrogen) atoms. The summed E-state index contributed by atoms with van der Waals surface area (Å²) in [5.41, 5.74) is 1.17. The summed E-state index contributed by atoms with van der Waals surface area (Å²) in [5.74, 6) is -0.761. The lowest BCUT2D eigenvalue weighted by Crippen LogP contribution is -2.22.